The minimum atomic E-state index is -1.49. The van der Waals surface area contributed by atoms with Crippen molar-refractivity contribution in [1.82, 2.24) is 24.5 Å². The molecule has 6 nitrogen and oxygen atoms in total. The third-order valence-corrected chi connectivity index (χ3v) is 16.2. The van der Waals surface area contributed by atoms with Crippen LogP contribution in [-0.2, 0) is 39.4 Å². The molecule has 0 bridgehead atoms. The Morgan fingerprint density at radius 2 is 1.42 bits per heavy atom. The Kier molecular flexibility index (Phi) is 14.8. The van der Waals surface area contributed by atoms with Gasteiger partial charge in [0, 0.05) is 49.3 Å². The van der Waals surface area contributed by atoms with Crippen LogP contribution < -0.4 is 5.19 Å². The summed E-state index contributed by atoms with van der Waals surface area (Å²) in [5.74, 6) is 1.31. The first kappa shape index (κ1) is 51.6. The Bertz CT molecular complexity index is 3570. The second-order valence-electron chi connectivity index (χ2n) is 22.6. The molecule has 0 saturated carbocycles. The van der Waals surface area contributed by atoms with E-state index in [2.05, 4.69) is 195 Å². The van der Waals surface area contributed by atoms with Crippen LogP contribution in [0.2, 0.25) is 19.6 Å². The summed E-state index contributed by atoms with van der Waals surface area (Å²) < 4.78 is 8.96. The maximum atomic E-state index is 6.63. The van der Waals surface area contributed by atoms with Gasteiger partial charge < -0.3 is 14.0 Å². The molecule has 0 N–H and O–H groups in total. The molecule has 1 aliphatic carbocycles. The first-order valence-corrected chi connectivity index (χ1v) is 29.4. The topological polar surface area (TPSA) is 69.6 Å². The molecular weight excluding hydrogens is 1090 g/mol. The van der Waals surface area contributed by atoms with E-state index in [0.717, 1.165) is 73.5 Å². The number of fused-ring (bicyclic) bond motifs is 5. The first-order chi connectivity index (χ1) is 34.5. The van der Waals surface area contributed by atoms with Gasteiger partial charge >= 0.3 is 0 Å². The monoisotopic (exact) mass is 1150 g/mol. The van der Waals surface area contributed by atoms with E-state index in [0.29, 0.717) is 5.71 Å². The van der Waals surface area contributed by atoms with Crippen LogP contribution in [0.5, 0.6) is 0 Å². The average Bonchev–Trinajstić information content (AvgIpc) is 3.95. The van der Waals surface area contributed by atoms with Crippen molar-refractivity contribution in [1.29, 1.82) is 0 Å². The van der Waals surface area contributed by atoms with E-state index >= 15 is 0 Å². The van der Waals surface area contributed by atoms with Gasteiger partial charge in [0.25, 0.3) is 0 Å². The summed E-state index contributed by atoms with van der Waals surface area (Å²) in [4.78, 5) is 19.8. The van der Waals surface area contributed by atoms with Gasteiger partial charge in [0.15, 0.2) is 0 Å². The van der Waals surface area contributed by atoms with Crippen molar-refractivity contribution in [2.45, 2.75) is 119 Å². The number of aryl methyl sites for hydroxylation is 3. The maximum Gasteiger partial charge on any atom is 0.216 e. The summed E-state index contributed by atoms with van der Waals surface area (Å²) in [6.07, 6.45) is 9.93. The number of benzene rings is 5. The Morgan fingerprint density at radius 1 is 0.699 bits per heavy atom. The van der Waals surface area contributed by atoms with Gasteiger partial charge in [-0.3, -0.25) is 9.97 Å². The molecule has 5 aromatic carbocycles. The van der Waals surface area contributed by atoms with Crippen molar-refractivity contribution in [2.24, 2.45) is 5.41 Å². The van der Waals surface area contributed by atoms with Crippen LogP contribution in [0.25, 0.3) is 83.7 Å². The van der Waals surface area contributed by atoms with Crippen molar-refractivity contribution in [2.75, 3.05) is 0 Å². The molecule has 1 aliphatic rings. The molecule has 11 rings (SSSR count). The number of nitrogens with zero attached hydrogens (tertiary/aromatic N) is 5. The standard InChI is InChI=1S/C41H41N4O.C24H26NSi.Ir/c1-24(2)33-21-28(27-13-10-9-11-14-27)22-34(25(3)4)37(33)45-36-26(5)42-20-19-35(36)44-39(45)32-16-12-15-30-31-18-17-29(23-41(6,7)8)43-40(31)46-38(30)32;1-26(2,3)24-17-25-23(19-10-5-4-6-11-19)16-22(24)21-14-13-18-9-7-8-12-20(18)15-21;/h9-15,17-22,24-25H,23H2,1-8H3;4-6,10,13-17H,7-9,12H2,1-3H3;/q2*-1;. The first-order valence-electron chi connectivity index (χ1n) is 25.9. The van der Waals surface area contributed by atoms with E-state index < -0.39 is 8.07 Å². The molecule has 373 valence electrons. The maximum absolute atomic E-state index is 6.63. The summed E-state index contributed by atoms with van der Waals surface area (Å²) in [6, 6.07) is 50.1. The second-order valence-corrected chi connectivity index (χ2v) is 27.7. The van der Waals surface area contributed by atoms with Gasteiger partial charge in [0.05, 0.1) is 36.2 Å². The van der Waals surface area contributed by atoms with Crippen LogP contribution >= 0.6 is 0 Å². The van der Waals surface area contributed by atoms with Crippen molar-refractivity contribution in [3.05, 3.63) is 179 Å². The zero-order valence-corrected chi connectivity index (χ0v) is 47.8. The number of rotatable bonds is 9. The number of hydrogen-bond donors (Lipinski definition) is 0. The molecule has 0 spiro atoms. The van der Waals surface area contributed by atoms with Gasteiger partial charge in [-0.15, -0.1) is 54.1 Å². The molecule has 5 aromatic heterocycles. The summed E-state index contributed by atoms with van der Waals surface area (Å²) >= 11 is 0. The van der Waals surface area contributed by atoms with Crippen LogP contribution in [0.3, 0.4) is 0 Å². The van der Waals surface area contributed by atoms with Crippen LogP contribution in [0.1, 0.15) is 107 Å². The molecule has 0 unspecified atom stereocenters. The summed E-state index contributed by atoms with van der Waals surface area (Å²) in [5, 5.41) is 3.45. The average molecular weight is 1150 g/mol. The zero-order chi connectivity index (χ0) is 50.5. The van der Waals surface area contributed by atoms with Crippen LogP contribution in [-0.4, -0.2) is 32.6 Å². The fourth-order valence-electron chi connectivity index (χ4n) is 10.5. The zero-order valence-electron chi connectivity index (χ0n) is 44.4. The molecular formula is C65H67IrN5OSi-2. The molecule has 0 atom stereocenters. The third-order valence-electron chi connectivity index (χ3n) is 14.1. The van der Waals surface area contributed by atoms with Crippen molar-refractivity contribution < 1.29 is 24.5 Å². The van der Waals surface area contributed by atoms with E-state index in [4.69, 9.17) is 24.4 Å². The number of aromatic nitrogens is 5. The normalized spacial score (nSPS) is 12.8. The van der Waals surface area contributed by atoms with Crippen molar-refractivity contribution in [3.63, 3.8) is 0 Å². The van der Waals surface area contributed by atoms with Gasteiger partial charge in [0.2, 0.25) is 5.71 Å². The van der Waals surface area contributed by atoms with Gasteiger partial charge in [-0.1, -0.05) is 134 Å². The third kappa shape index (κ3) is 10.6. The number of hydrogen-bond acceptors (Lipinski definition) is 5. The number of imidazole rings is 1. The Labute approximate surface area is 447 Å². The fourth-order valence-corrected chi connectivity index (χ4v) is 12.0. The van der Waals surface area contributed by atoms with Gasteiger partial charge in [-0.25, -0.2) is 4.98 Å². The van der Waals surface area contributed by atoms with E-state index in [1.165, 1.54) is 64.3 Å². The van der Waals surface area contributed by atoms with Gasteiger partial charge in [-0.2, -0.15) is 0 Å². The molecule has 73 heavy (non-hydrogen) atoms. The van der Waals surface area contributed by atoms with E-state index in [-0.39, 0.29) is 37.4 Å². The van der Waals surface area contributed by atoms with E-state index in [1.807, 2.05) is 30.5 Å². The summed E-state index contributed by atoms with van der Waals surface area (Å²) in [6.45, 7) is 25.1. The smallest absolute Gasteiger partial charge is 0.216 e. The molecule has 10 aromatic rings. The van der Waals surface area contributed by atoms with Crippen LogP contribution in [0.4, 0.5) is 0 Å². The van der Waals surface area contributed by atoms with E-state index in [1.54, 1.807) is 11.1 Å². The van der Waals surface area contributed by atoms with Crippen LogP contribution in [0.15, 0.2) is 138 Å². The molecule has 0 saturated heterocycles. The molecule has 0 aliphatic heterocycles. The summed E-state index contributed by atoms with van der Waals surface area (Å²) in [7, 11) is -1.49. The predicted molar refractivity (Wildman–Crippen MR) is 303 cm³/mol. The van der Waals surface area contributed by atoms with Crippen molar-refractivity contribution in [3.8, 4) is 50.6 Å². The predicted octanol–water partition coefficient (Wildman–Crippen LogP) is 16.6. The second kappa shape index (κ2) is 20.9. The molecule has 5 heterocycles. The Morgan fingerprint density at radius 3 is 2.11 bits per heavy atom. The SMILES string of the molecule is C[Si](C)(C)c1cnc(-c2[c-]cccc2)cc1-c1ccc2c(c1)CCCC2.Cc1nccc2nc(-c3[c-]ccc4c3oc3nc(CC(C)(C)C)ccc34)n(-c3c(C(C)C)cc(-c4ccccc4)cc3C(C)C)c12.[Ir]. The van der Waals surface area contributed by atoms with Crippen LogP contribution in [0, 0.1) is 24.5 Å². The molecule has 8 heteroatoms. The minimum absolute atomic E-state index is 0. The number of furan rings is 1. The Balaban J connectivity index is 0.000000206. The largest absolute Gasteiger partial charge is 0.486 e. The van der Waals surface area contributed by atoms with E-state index in [9.17, 15) is 0 Å². The Hall–Kier alpha value is -6.31. The summed E-state index contributed by atoms with van der Waals surface area (Å²) in [5.41, 5.74) is 20.2. The number of pyridine rings is 3. The molecule has 1 radical (unpaired) electrons. The quantitative estimate of drug-likeness (QED) is 0.106. The van der Waals surface area contributed by atoms with Gasteiger partial charge in [-0.05, 0) is 142 Å². The fraction of sp³-hybridized carbons (Fsp3) is 0.292. The molecule has 0 fully saturated rings. The minimum Gasteiger partial charge on any atom is -0.486 e. The van der Waals surface area contributed by atoms with Crippen molar-refractivity contribution >= 4 is 46.4 Å². The van der Waals surface area contributed by atoms with Gasteiger partial charge in [0.1, 0.15) is 0 Å². The molecule has 0 amide bonds.